The van der Waals surface area contributed by atoms with Crippen molar-refractivity contribution in [2.45, 2.75) is 72.2 Å². The van der Waals surface area contributed by atoms with Gasteiger partial charge in [0.1, 0.15) is 6.10 Å². The van der Waals surface area contributed by atoms with E-state index in [-0.39, 0.29) is 61.8 Å². The zero-order chi connectivity index (χ0) is 28.3. The summed E-state index contributed by atoms with van der Waals surface area (Å²) in [4.78, 5) is 58.6. The van der Waals surface area contributed by atoms with Gasteiger partial charge in [0.15, 0.2) is 10.9 Å². The number of rotatable bonds is 15. The van der Waals surface area contributed by atoms with Crippen LogP contribution in [0.15, 0.2) is 0 Å². The van der Waals surface area contributed by atoms with Gasteiger partial charge in [-0.2, -0.15) is 0 Å². The number of carboxylic acids is 1. The van der Waals surface area contributed by atoms with Gasteiger partial charge in [-0.25, -0.2) is 0 Å². The molecule has 4 N–H and O–H groups in total. The zero-order valence-corrected chi connectivity index (χ0v) is 23.0. The molecule has 1 aliphatic rings. The highest BCUT2D eigenvalue weighted by Crippen LogP contribution is 2.36. The fraction of sp³-hybridized carbons (Fsp3) is 0.792. The molecular weight excluding hydrogens is 508 g/mol. The quantitative estimate of drug-likeness (QED) is 0.168. The lowest BCUT2D eigenvalue weighted by molar-refractivity contribution is -0.300. The van der Waals surface area contributed by atoms with Crippen molar-refractivity contribution in [1.82, 2.24) is 10.6 Å². The molecule has 1 rings (SSSR count). The lowest BCUT2D eigenvalue weighted by atomic mass is 9.87. The number of hydrogen-bond donors (Lipinski definition) is 4. The summed E-state index contributed by atoms with van der Waals surface area (Å²) in [5.41, 5.74) is -1.23. The third kappa shape index (κ3) is 12.7. The van der Waals surface area contributed by atoms with Crippen LogP contribution in [0.3, 0.4) is 0 Å². The van der Waals surface area contributed by atoms with Crippen molar-refractivity contribution in [3.05, 3.63) is 0 Å². The topological polar surface area (TPSA) is 178 Å². The van der Waals surface area contributed by atoms with Crippen LogP contribution in [0.5, 0.6) is 0 Å². The summed E-state index contributed by atoms with van der Waals surface area (Å²) in [7, 11) is 0. The van der Waals surface area contributed by atoms with Crippen LogP contribution in [-0.4, -0.2) is 89.6 Å². The smallest absolute Gasteiger partial charge is 0.303 e. The van der Waals surface area contributed by atoms with Crippen molar-refractivity contribution < 1.29 is 48.4 Å². The van der Waals surface area contributed by atoms with Gasteiger partial charge in [-0.15, -0.1) is 0 Å². The summed E-state index contributed by atoms with van der Waals surface area (Å²) < 4.78 is 16.5. The van der Waals surface area contributed by atoms with E-state index in [0.717, 1.165) is 11.8 Å². The molecule has 1 fully saturated rings. The molecule has 0 radical (unpaired) electrons. The standard InChI is InChI=1S/C24H40N2O10S/c1-16(27)34-15-23(4,5)20(32)21(33)26-9-7-17(28)25-10-11-37-19(31)12-24(8-6-18(29)30)35-13-22(2,3)14-36-24/h20,32H,6-15H2,1-5H3,(H,25,28)(H,26,33)(H,29,30)/t20-/m0/s1. The van der Waals surface area contributed by atoms with Gasteiger partial charge < -0.3 is 35.1 Å². The van der Waals surface area contributed by atoms with Crippen molar-refractivity contribution >= 4 is 40.6 Å². The first kappa shape index (κ1) is 32.8. The van der Waals surface area contributed by atoms with Gasteiger partial charge in [-0.05, 0) is 0 Å². The van der Waals surface area contributed by atoms with E-state index in [1.165, 1.54) is 6.92 Å². The molecule has 0 aromatic rings. The number of aliphatic hydroxyl groups is 1. The van der Waals surface area contributed by atoms with Crippen LogP contribution in [-0.2, 0) is 38.2 Å². The Labute approximate surface area is 221 Å². The van der Waals surface area contributed by atoms with E-state index in [0.29, 0.717) is 19.0 Å². The van der Waals surface area contributed by atoms with Crippen LogP contribution in [0.4, 0.5) is 0 Å². The average Bonchev–Trinajstić information content (AvgIpc) is 2.80. The van der Waals surface area contributed by atoms with Gasteiger partial charge in [0.05, 0.1) is 32.7 Å². The maximum Gasteiger partial charge on any atom is 0.303 e. The summed E-state index contributed by atoms with van der Waals surface area (Å²) in [5.74, 6) is -3.53. The first-order valence-corrected chi connectivity index (χ1v) is 13.1. The fourth-order valence-electron chi connectivity index (χ4n) is 3.20. The van der Waals surface area contributed by atoms with Crippen LogP contribution >= 0.6 is 11.8 Å². The number of ether oxygens (including phenoxy) is 3. The molecular formula is C24H40N2O10S. The van der Waals surface area contributed by atoms with Crippen molar-refractivity contribution in [2.24, 2.45) is 10.8 Å². The van der Waals surface area contributed by atoms with E-state index in [9.17, 15) is 29.1 Å². The lowest BCUT2D eigenvalue weighted by Gasteiger charge is -2.43. The van der Waals surface area contributed by atoms with E-state index >= 15 is 0 Å². The SMILES string of the molecule is CC(=O)OCC(C)(C)[C@@H](O)C(=O)NCCC(=O)NCCSC(=O)CC1(CCC(=O)O)OCC(C)(C)CO1. The first-order chi connectivity index (χ1) is 17.1. The second-order valence-electron chi connectivity index (χ2n) is 10.5. The third-order valence-electron chi connectivity index (χ3n) is 5.56. The number of aliphatic carboxylic acids is 1. The number of amides is 2. The molecule has 12 nitrogen and oxygen atoms in total. The Kier molecular flexibility index (Phi) is 13.0. The maximum absolute atomic E-state index is 12.5. The molecule has 1 heterocycles. The Morgan fingerprint density at radius 3 is 2.24 bits per heavy atom. The van der Waals surface area contributed by atoms with E-state index in [1.54, 1.807) is 13.8 Å². The number of thioether (sulfide) groups is 1. The van der Waals surface area contributed by atoms with Crippen LogP contribution in [0.1, 0.15) is 60.3 Å². The number of hydrogen-bond acceptors (Lipinski definition) is 10. The van der Waals surface area contributed by atoms with Crippen molar-refractivity contribution in [3.63, 3.8) is 0 Å². The number of esters is 1. The summed E-state index contributed by atoms with van der Waals surface area (Å²) in [6.07, 6.45) is -1.69. The van der Waals surface area contributed by atoms with E-state index in [2.05, 4.69) is 10.6 Å². The van der Waals surface area contributed by atoms with Gasteiger partial charge in [0, 0.05) is 49.4 Å². The van der Waals surface area contributed by atoms with Gasteiger partial charge in [-0.1, -0.05) is 39.5 Å². The van der Waals surface area contributed by atoms with Crippen LogP contribution in [0, 0.1) is 10.8 Å². The van der Waals surface area contributed by atoms with Crippen LogP contribution < -0.4 is 10.6 Å². The molecule has 0 spiro atoms. The van der Waals surface area contributed by atoms with Crippen molar-refractivity contribution in [2.75, 3.05) is 38.7 Å². The first-order valence-electron chi connectivity index (χ1n) is 12.1. The molecule has 13 heteroatoms. The molecule has 1 aliphatic heterocycles. The van der Waals surface area contributed by atoms with Gasteiger partial charge in [-0.3, -0.25) is 24.0 Å². The zero-order valence-electron chi connectivity index (χ0n) is 22.2. The molecule has 1 saturated heterocycles. The minimum absolute atomic E-state index is 0.00539. The molecule has 0 aromatic heterocycles. The summed E-state index contributed by atoms with van der Waals surface area (Å²) >= 11 is 0.987. The normalized spacial score (nSPS) is 17.4. The maximum atomic E-state index is 12.5. The van der Waals surface area contributed by atoms with Gasteiger partial charge in [0.25, 0.3) is 0 Å². The largest absolute Gasteiger partial charge is 0.481 e. The lowest BCUT2D eigenvalue weighted by Crippen LogP contribution is -2.48. The molecule has 2 amide bonds. The van der Waals surface area contributed by atoms with Crippen LogP contribution in [0.25, 0.3) is 0 Å². The molecule has 37 heavy (non-hydrogen) atoms. The van der Waals surface area contributed by atoms with Gasteiger partial charge >= 0.3 is 11.9 Å². The average molecular weight is 549 g/mol. The molecule has 0 unspecified atom stereocenters. The van der Waals surface area contributed by atoms with Crippen molar-refractivity contribution in [1.29, 1.82) is 0 Å². The highest BCUT2D eigenvalue weighted by atomic mass is 32.2. The predicted molar refractivity (Wildman–Crippen MR) is 134 cm³/mol. The monoisotopic (exact) mass is 548 g/mol. The highest BCUT2D eigenvalue weighted by molar-refractivity contribution is 8.13. The van der Waals surface area contributed by atoms with E-state index < -0.39 is 35.2 Å². The molecule has 0 aromatic carbocycles. The molecule has 0 aliphatic carbocycles. The highest BCUT2D eigenvalue weighted by Gasteiger charge is 2.42. The molecule has 212 valence electrons. The molecule has 0 saturated carbocycles. The second kappa shape index (κ2) is 14.6. The summed E-state index contributed by atoms with van der Waals surface area (Å²) in [6.45, 7) is 9.04. The fourth-order valence-corrected chi connectivity index (χ4v) is 3.96. The van der Waals surface area contributed by atoms with E-state index in [4.69, 9.17) is 19.3 Å². The number of carboxylic acid groups (broad SMARTS) is 1. The Bertz CT molecular complexity index is 820. The molecule has 1 atom stereocenters. The third-order valence-corrected chi connectivity index (χ3v) is 6.43. The minimum Gasteiger partial charge on any atom is -0.481 e. The van der Waals surface area contributed by atoms with Crippen molar-refractivity contribution in [3.8, 4) is 0 Å². The summed E-state index contributed by atoms with van der Waals surface area (Å²) in [5, 5.41) is 24.1. The Morgan fingerprint density at radius 2 is 1.68 bits per heavy atom. The Hall–Kier alpha value is -2.22. The predicted octanol–water partition coefficient (Wildman–Crippen LogP) is 0.843. The second-order valence-corrected chi connectivity index (χ2v) is 11.7. The summed E-state index contributed by atoms with van der Waals surface area (Å²) in [6, 6.07) is 0. The van der Waals surface area contributed by atoms with Gasteiger partial charge in [0.2, 0.25) is 11.8 Å². The number of carbonyl (C=O) groups excluding carboxylic acids is 4. The number of carbonyl (C=O) groups is 5. The minimum atomic E-state index is -1.43. The Morgan fingerprint density at radius 1 is 1.05 bits per heavy atom. The number of aliphatic hydroxyl groups excluding tert-OH is 1. The molecule has 0 bridgehead atoms. The Balaban J connectivity index is 2.34. The van der Waals surface area contributed by atoms with Crippen LogP contribution in [0.2, 0.25) is 0 Å². The number of nitrogens with one attached hydrogen (secondary N) is 2. The van der Waals surface area contributed by atoms with E-state index in [1.807, 2.05) is 13.8 Å².